The number of rotatable bonds is 4. The number of para-hydroxylation sites is 1. The minimum Gasteiger partial charge on any atom is -0.545 e. The summed E-state index contributed by atoms with van der Waals surface area (Å²) in [6.45, 7) is 0. The number of nitro benzene ring substituents is 2. The van der Waals surface area contributed by atoms with Gasteiger partial charge in [-0.25, -0.2) is 0 Å². The lowest BCUT2D eigenvalue weighted by molar-refractivity contribution is -0.393. The van der Waals surface area contributed by atoms with E-state index in [4.69, 9.17) is 0 Å². The van der Waals surface area contributed by atoms with Crippen molar-refractivity contribution < 1.29 is 19.7 Å². The van der Waals surface area contributed by atoms with Crippen LogP contribution in [0.25, 0.3) is 16.7 Å². The maximum Gasteiger partial charge on any atom is 0.302 e. The fourth-order valence-electron chi connectivity index (χ4n) is 2.25. The second-order valence-corrected chi connectivity index (χ2v) is 4.65. The van der Waals surface area contributed by atoms with Gasteiger partial charge < -0.3 is 9.90 Å². The molecule has 0 fully saturated rings. The second-order valence-electron chi connectivity index (χ2n) is 4.65. The van der Waals surface area contributed by atoms with Crippen molar-refractivity contribution in [1.82, 2.24) is 15.0 Å². The van der Waals surface area contributed by atoms with Crippen LogP contribution in [0, 0.1) is 20.2 Å². The smallest absolute Gasteiger partial charge is 0.302 e. The van der Waals surface area contributed by atoms with E-state index in [-0.39, 0.29) is 0 Å². The lowest BCUT2D eigenvalue weighted by atomic mass is 10.1. The van der Waals surface area contributed by atoms with Crippen molar-refractivity contribution >= 4 is 28.4 Å². The van der Waals surface area contributed by atoms with E-state index >= 15 is 0 Å². The summed E-state index contributed by atoms with van der Waals surface area (Å²) >= 11 is 0. The number of nitrogens with zero attached hydrogens (tertiary/aromatic N) is 5. The molecular formula is C13H6N5O6-. The minimum atomic E-state index is -1.77. The first-order chi connectivity index (χ1) is 11.4. The number of carbonyl (C=O) groups is 1. The molecule has 0 spiro atoms. The highest BCUT2D eigenvalue weighted by molar-refractivity contribution is 5.90. The summed E-state index contributed by atoms with van der Waals surface area (Å²) in [7, 11) is 0. The number of hydrogen-bond donors (Lipinski definition) is 0. The number of carbonyl (C=O) groups excluding carboxylic acids is 1. The largest absolute Gasteiger partial charge is 0.545 e. The lowest BCUT2D eigenvalue weighted by Gasteiger charge is -2.08. The number of hydrogen-bond acceptors (Lipinski definition) is 8. The molecule has 0 amide bonds. The summed E-state index contributed by atoms with van der Waals surface area (Å²) in [6.07, 6.45) is 0. The van der Waals surface area contributed by atoms with Gasteiger partial charge in [0.2, 0.25) is 5.69 Å². The number of aromatic nitrogens is 3. The van der Waals surface area contributed by atoms with Crippen LogP contribution < -0.4 is 5.11 Å². The highest BCUT2D eigenvalue weighted by Crippen LogP contribution is 2.34. The molecule has 0 bridgehead atoms. The van der Waals surface area contributed by atoms with Crippen LogP contribution in [0.5, 0.6) is 0 Å². The molecule has 0 N–H and O–H groups in total. The zero-order valence-electron chi connectivity index (χ0n) is 11.6. The number of fused-ring (bicyclic) bond motifs is 1. The predicted molar refractivity (Wildman–Crippen MR) is 76.5 cm³/mol. The van der Waals surface area contributed by atoms with Crippen molar-refractivity contribution in [2.45, 2.75) is 0 Å². The van der Waals surface area contributed by atoms with Crippen LogP contribution in [0.2, 0.25) is 0 Å². The average molecular weight is 328 g/mol. The maximum absolute atomic E-state index is 11.3. The van der Waals surface area contributed by atoms with Crippen molar-refractivity contribution in [2.75, 3.05) is 0 Å². The standard InChI is InChI=1S/C13H7N5O6/c19-13(20)7-5-10(17(21)22)12(11(6-7)18(23)24)16-9-4-2-1-3-8(9)14-15-16/h1-6H,(H,19,20)/p-1. The third-order valence-electron chi connectivity index (χ3n) is 3.26. The van der Waals surface area contributed by atoms with E-state index < -0.39 is 38.4 Å². The summed E-state index contributed by atoms with van der Waals surface area (Å²) < 4.78 is 0.935. The molecule has 24 heavy (non-hydrogen) atoms. The Bertz CT molecular complexity index is 976. The van der Waals surface area contributed by atoms with Crippen molar-refractivity contribution in [3.63, 3.8) is 0 Å². The molecule has 0 saturated carbocycles. The van der Waals surface area contributed by atoms with E-state index in [1.54, 1.807) is 18.2 Å². The van der Waals surface area contributed by atoms with Gasteiger partial charge in [0.15, 0.2) is 0 Å². The Morgan fingerprint density at radius 2 is 1.62 bits per heavy atom. The fourth-order valence-corrected chi connectivity index (χ4v) is 2.25. The Hall–Kier alpha value is -3.89. The number of carboxylic acids is 1. The summed E-state index contributed by atoms with van der Waals surface area (Å²) in [5.74, 6) is -1.77. The van der Waals surface area contributed by atoms with Crippen LogP contribution >= 0.6 is 0 Å². The molecule has 2 aromatic carbocycles. The van der Waals surface area contributed by atoms with Crippen molar-refractivity contribution in [2.24, 2.45) is 0 Å². The SMILES string of the molecule is O=C([O-])c1cc([N+](=O)[O-])c(-n2nnc3ccccc32)c([N+](=O)[O-])c1. The molecule has 0 radical (unpaired) electrons. The Morgan fingerprint density at radius 1 is 1.04 bits per heavy atom. The molecule has 11 heteroatoms. The van der Waals surface area contributed by atoms with E-state index in [1.807, 2.05) is 0 Å². The third kappa shape index (κ3) is 2.29. The van der Waals surface area contributed by atoms with Gasteiger partial charge in [0.25, 0.3) is 0 Å². The van der Waals surface area contributed by atoms with Crippen LogP contribution in [0.15, 0.2) is 36.4 Å². The van der Waals surface area contributed by atoms with Crippen LogP contribution in [-0.4, -0.2) is 30.8 Å². The second kappa shape index (κ2) is 5.39. The molecule has 0 aliphatic carbocycles. The average Bonchev–Trinajstić information content (AvgIpc) is 2.97. The normalized spacial score (nSPS) is 10.7. The molecule has 1 heterocycles. The van der Waals surface area contributed by atoms with E-state index in [0.717, 1.165) is 4.68 Å². The number of carboxylic acid groups (broad SMARTS) is 1. The Morgan fingerprint density at radius 3 is 2.17 bits per heavy atom. The van der Waals surface area contributed by atoms with Gasteiger partial charge in [-0.1, -0.05) is 17.3 Å². The molecule has 0 aliphatic heterocycles. The first-order valence-corrected chi connectivity index (χ1v) is 6.39. The van der Waals surface area contributed by atoms with Crippen LogP contribution in [0.1, 0.15) is 10.4 Å². The van der Waals surface area contributed by atoms with Crippen LogP contribution in [0.4, 0.5) is 11.4 Å². The summed E-state index contributed by atoms with van der Waals surface area (Å²) in [6, 6.07) is 7.74. The number of aromatic carboxylic acids is 1. The van der Waals surface area contributed by atoms with Gasteiger partial charge in [-0.2, -0.15) is 4.68 Å². The number of benzene rings is 2. The zero-order chi connectivity index (χ0) is 17.4. The van der Waals surface area contributed by atoms with Gasteiger partial charge >= 0.3 is 11.4 Å². The summed E-state index contributed by atoms with van der Waals surface area (Å²) in [4.78, 5) is 31.7. The maximum atomic E-state index is 11.3. The molecular weight excluding hydrogens is 322 g/mol. The van der Waals surface area contributed by atoms with E-state index in [9.17, 15) is 30.1 Å². The Kier molecular flexibility index (Phi) is 3.37. The molecule has 3 rings (SSSR count). The third-order valence-corrected chi connectivity index (χ3v) is 3.26. The molecule has 120 valence electrons. The molecule has 0 atom stereocenters. The summed E-state index contributed by atoms with van der Waals surface area (Å²) in [5.41, 5.74) is -2.08. The van der Waals surface area contributed by atoms with Gasteiger partial charge in [-0.15, -0.1) is 5.10 Å². The molecule has 3 aromatic rings. The highest BCUT2D eigenvalue weighted by Gasteiger charge is 2.30. The molecule has 0 unspecified atom stereocenters. The Balaban J connectivity index is 2.43. The van der Waals surface area contributed by atoms with Gasteiger partial charge in [0.1, 0.15) is 5.52 Å². The van der Waals surface area contributed by atoms with Gasteiger partial charge in [0, 0.05) is 17.7 Å². The first-order valence-electron chi connectivity index (χ1n) is 6.39. The van der Waals surface area contributed by atoms with Crippen LogP contribution in [0.3, 0.4) is 0 Å². The zero-order valence-corrected chi connectivity index (χ0v) is 11.6. The Labute approximate surface area is 132 Å². The van der Waals surface area contributed by atoms with Gasteiger partial charge in [-0.3, -0.25) is 20.2 Å². The quantitative estimate of drug-likeness (QED) is 0.497. The predicted octanol–water partition coefficient (Wildman–Crippen LogP) is 0.600. The van der Waals surface area contributed by atoms with Crippen molar-refractivity contribution in [3.8, 4) is 5.69 Å². The highest BCUT2D eigenvalue weighted by atomic mass is 16.6. The summed E-state index contributed by atoms with van der Waals surface area (Å²) in [5, 5.41) is 41.1. The van der Waals surface area contributed by atoms with E-state index in [1.165, 1.54) is 6.07 Å². The van der Waals surface area contributed by atoms with Crippen molar-refractivity contribution in [1.29, 1.82) is 0 Å². The molecule has 0 aliphatic rings. The van der Waals surface area contributed by atoms with E-state index in [0.29, 0.717) is 23.2 Å². The monoisotopic (exact) mass is 328 g/mol. The molecule has 0 saturated heterocycles. The number of nitro groups is 2. The topological polar surface area (TPSA) is 157 Å². The van der Waals surface area contributed by atoms with Gasteiger partial charge in [0.05, 0.1) is 21.3 Å². The lowest BCUT2D eigenvalue weighted by Crippen LogP contribution is -2.23. The van der Waals surface area contributed by atoms with Gasteiger partial charge in [-0.05, 0) is 12.1 Å². The van der Waals surface area contributed by atoms with E-state index in [2.05, 4.69) is 10.3 Å². The molecule has 11 nitrogen and oxygen atoms in total. The fraction of sp³-hybridized carbons (Fsp3) is 0. The molecule has 1 aromatic heterocycles. The minimum absolute atomic E-state index is 0.296. The van der Waals surface area contributed by atoms with Crippen LogP contribution in [-0.2, 0) is 0 Å². The first kappa shape index (κ1) is 15.0. The van der Waals surface area contributed by atoms with Crippen molar-refractivity contribution in [3.05, 3.63) is 62.2 Å².